The van der Waals surface area contributed by atoms with Crippen LogP contribution in [0.25, 0.3) is 0 Å². The molecule has 1 aromatic rings. The predicted molar refractivity (Wildman–Crippen MR) is 77.4 cm³/mol. The zero-order valence-electron chi connectivity index (χ0n) is 11.2. The number of carboxylic acid groups (broad SMARTS) is 1. The summed E-state index contributed by atoms with van der Waals surface area (Å²) in [7, 11) is 0. The maximum atomic E-state index is 12.1. The first-order valence-corrected chi connectivity index (χ1v) is 6.94. The van der Waals surface area contributed by atoms with Crippen LogP contribution >= 0.6 is 11.6 Å². The fourth-order valence-electron chi connectivity index (χ4n) is 2.21. The van der Waals surface area contributed by atoms with E-state index in [0.29, 0.717) is 24.0 Å². The molecule has 1 aliphatic heterocycles. The Morgan fingerprint density at radius 3 is 2.60 bits per heavy atom. The van der Waals surface area contributed by atoms with E-state index in [1.54, 1.807) is 11.0 Å². The third kappa shape index (κ3) is 3.42. The van der Waals surface area contributed by atoms with Crippen LogP contribution in [0.3, 0.4) is 0 Å². The molecular weight excluding hydrogens is 280 g/mol. The van der Waals surface area contributed by atoms with Gasteiger partial charge in [0.25, 0.3) is 0 Å². The number of carbonyl (C=O) groups excluding carboxylic acids is 1. The van der Waals surface area contributed by atoms with Gasteiger partial charge >= 0.3 is 12.0 Å². The molecule has 1 heterocycles. The summed E-state index contributed by atoms with van der Waals surface area (Å²) in [5, 5.41) is 12.1. The van der Waals surface area contributed by atoms with Gasteiger partial charge in [0.2, 0.25) is 0 Å². The summed E-state index contributed by atoms with van der Waals surface area (Å²) >= 11 is 5.78. The molecule has 0 bridgehead atoms. The number of hydrogen-bond donors (Lipinski definition) is 2. The van der Waals surface area contributed by atoms with E-state index in [1.807, 2.05) is 0 Å². The second kappa shape index (κ2) is 6.13. The second-order valence-electron chi connectivity index (χ2n) is 5.09. The van der Waals surface area contributed by atoms with Gasteiger partial charge in [0.15, 0.2) is 0 Å². The summed E-state index contributed by atoms with van der Waals surface area (Å²) < 4.78 is 0. The molecule has 1 fully saturated rings. The molecule has 6 heteroatoms. The molecule has 1 aromatic carbocycles. The highest BCUT2D eigenvalue weighted by Crippen LogP contribution is 2.22. The van der Waals surface area contributed by atoms with Crippen LogP contribution in [0.1, 0.15) is 30.1 Å². The summed E-state index contributed by atoms with van der Waals surface area (Å²) in [6, 6.07) is 4.14. The zero-order valence-corrected chi connectivity index (χ0v) is 12.0. The van der Waals surface area contributed by atoms with Crippen LogP contribution in [-0.2, 0) is 0 Å². The van der Waals surface area contributed by atoms with E-state index < -0.39 is 5.97 Å². The van der Waals surface area contributed by atoms with Crippen LogP contribution in [0.2, 0.25) is 5.02 Å². The smallest absolute Gasteiger partial charge is 0.337 e. The number of amides is 2. The quantitative estimate of drug-likeness (QED) is 0.879. The number of likely N-dealkylation sites (tertiary alicyclic amines) is 1. The van der Waals surface area contributed by atoms with Crippen LogP contribution in [-0.4, -0.2) is 35.1 Å². The van der Waals surface area contributed by atoms with Gasteiger partial charge in [-0.15, -0.1) is 0 Å². The molecule has 0 aliphatic carbocycles. The Morgan fingerprint density at radius 2 is 2.00 bits per heavy atom. The second-order valence-corrected chi connectivity index (χ2v) is 5.53. The highest BCUT2D eigenvalue weighted by molar-refractivity contribution is 6.31. The lowest BCUT2D eigenvalue weighted by atomic mass is 10.00. The maximum absolute atomic E-state index is 12.1. The first-order valence-electron chi connectivity index (χ1n) is 6.56. The molecule has 1 saturated heterocycles. The lowest BCUT2D eigenvalue weighted by molar-refractivity contribution is 0.0698. The Hall–Kier alpha value is -1.75. The molecule has 0 radical (unpaired) electrons. The van der Waals surface area contributed by atoms with E-state index >= 15 is 0 Å². The normalized spacial score (nSPS) is 16.0. The first kappa shape index (κ1) is 14.7. The number of hydrogen-bond acceptors (Lipinski definition) is 2. The molecule has 0 atom stereocenters. The molecular formula is C14H17ClN2O3. The average Bonchev–Trinajstić information content (AvgIpc) is 2.41. The van der Waals surface area contributed by atoms with Gasteiger partial charge in [0.05, 0.1) is 11.3 Å². The van der Waals surface area contributed by atoms with Gasteiger partial charge in [0.1, 0.15) is 0 Å². The number of carbonyl (C=O) groups is 2. The molecule has 2 amide bonds. The zero-order chi connectivity index (χ0) is 14.7. The molecule has 0 spiro atoms. The SMILES string of the molecule is CC1CCN(C(=O)Nc2ccc(Cl)cc2C(=O)O)CC1. The summed E-state index contributed by atoms with van der Waals surface area (Å²) in [4.78, 5) is 25.0. The summed E-state index contributed by atoms with van der Waals surface area (Å²) in [6.45, 7) is 3.56. The molecule has 2 rings (SSSR count). The highest BCUT2D eigenvalue weighted by Gasteiger charge is 2.21. The lowest BCUT2D eigenvalue weighted by Crippen LogP contribution is -2.40. The molecule has 1 aliphatic rings. The Labute approximate surface area is 122 Å². The maximum Gasteiger partial charge on any atom is 0.337 e. The Morgan fingerprint density at radius 1 is 1.35 bits per heavy atom. The molecule has 108 valence electrons. The van der Waals surface area contributed by atoms with Gasteiger partial charge in [-0.25, -0.2) is 9.59 Å². The number of benzene rings is 1. The minimum absolute atomic E-state index is 0.00349. The van der Waals surface area contributed by atoms with E-state index in [4.69, 9.17) is 16.7 Å². The van der Waals surface area contributed by atoms with Gasteiger partial charge in [-0.1, -0.05) is 18.5 Å². The third-order valence-electron chi connectivity index (χ3n) is 3.52. The number of carboxylic acids is 1. The summed E-state index contributed by atoms with van der Waals surface area (Å²) in [6.07, 6.45) is 1.94. The minimum Gasteiger partial charge on any atom is -0.478 e. The van der Waals surface area contributed by atoms with Crippen LogP contribution in [0.5, 0.6) is 0 Å². The fourth-order valence-corrected chi connectivity index (χ4v) is 2.38. The van der Waals surface area contributed by atoms with E-state index in [-0.39, 0.29) is 17.3 Å². The van der Waals surface area contributed by atoms with Crippen molar-refractivity contribution in [3.63, 3.8) is 0 Å². The standard InChI is InChI=1S/C14H17ClN2O3/c1-9-4-6-17(7-5-9)14(20)16-12-3-2-10(15)8-11(12)13(18)19/h2-3,8-9H,4-7H2,1H3,(H,16,20)(H,18,19). The van der Waals surface area contributed by atoms with E-state index in [0.717, 1.165) is 12.8 Å². The van der Waals surface area contributed by atoms with Gasteiger partial charge in [-0.2, -0.15) is 0 Å². The molecule has 2 N–H and O–H groups in total. The van der Waals surface area contributed by atoms with Gasteiger partial charge in [0, 0.05) is 18.1 Å². The largest absolute Gasteiger partial charge is 0.478 e. The monoisotopic (exact) mass is 296 g/mol. The van der Waals surface area contributed by atoms with Gasteiger partial charge < -0.3 is 15.3 Å². The van der Waals surface area contributed by atoms with Crippen LogP contribution in [0.15, 0.2) is 18.2 Å². The summed E-state index contributed by atoms with van der Waals surface area (Å²) in [5.74, 6) is -0.487. The van der Waals surface area contributed by atoms with Crippen LogP contribution in [0, 0.1) is 5.92 Å². The average molecular weight is 297 g/mol. The Kier molecular flexibility index (Phi) is 4.49. The predicted octanol–water partition coefficient (Wildman–Crippen LogP) is 3.30. The Bertz CT molecular complexity index is 525. The lowest BCUT2D eigenvalue weighted by Gasteiger charge is -2.30. The molecule has 0 saturated carbocycles. The topological polar surface area (TPSA) is 69.6 Å². The minimum atomic E-state index is -1.12. The number of halogens is 1. The number of nitrogens with zero attached hydrogens (tertiary/aromatic N) is 1. The van der Waals surface area contributed by atoms with Crippen LogP contribution in [0.4, 0.5) is 10.5 Å². The van der Waals surface area contributed by atoms with E-state index in [9.17, 15) is 9.59 Å². The highest BCUT2D eigenvalue weighted by atomic mass is 35.5. The van der Waals surface area contributed by atoms with Crippen molar-refractivity contribution in [2.45, 2.75) is 19.8 Å². The van der Waals surface area contributed by atoms with E-state index in [2.05, 4.69) is 12.2 Å². The van der Waals surface area contributed by atoms with Gasteiger partial charge in [-0.3, -0.25) is 0 Å². The summed E-state index contributed by atoms with van der Waals surface area (Å²) in [5.41, 5.74) is 0.266. The van der Waals surface area contributed by atoms with E-state index in [1.165, 1.54) is 12.1 Å². The third-order valence-corrected chi connectivity index (χ3v) is 3.76. The Balaban J connectivity index is 2.10. The number of nitrogens with one attached hydrogen (secondary N) is 1. The van der Waals surface area contributed by atoms with Crippen molar-refractivity contribution >= 4 is 29.3 Å². The van der Waals surface area contributed by atoms with Crippen molar-refractivity contribution in [2.75, 3.05) is 18.4 Å². The number of piperidine rings is 1. The van der Waals surface area contributed by atoms with Crippen molar-refractivity contribution in [2.24, 2.45) is 5.92 Å². The molecule has 0 unspecified atom stereocenters. The fraction of sp³-hybridized carbons (Fsp3) is 0.429. The first-order chi connectivity index (χ1) is 9.47. The molecule has 0 aromatic heterocycles. The molecule has 20 heavy (non-hydrogen) atoms. The van der Waals surface area contributed by atoms with Crippen molar-refractivity contribution in [3.8, 4) is 0 Å². The van der Waals surface area contributed by atoms with Gasteiger partial charge in [-0.05, 0) is 37.0 Å². The van der Waals surface area contributed by atoms with Crippen molar-refractivity contribution in [1.82, 2.24) is 4.90 Å². The van der Waals surface area contributed by atoms with Crippen molar-refractivity contribution in [3.05, 3.63) is 28.8 Å². The number of anilines is 1. The van der Waals surface area contributed by atoms with Crippen molar-refractivity contribution in [1.29, 1.82) is 0 Å². The molecule has 5 nitrogen and oxygen atoms in total. The van der Waals surface area contributed by atoms with Crippen molar-refractivity contribution < 1.29 is 14.7 Å². The number of urea groups is 1. The van der Waals surface area contributed by atoms with Crippen LogP contribution < -0.4 is 5.32 Å². The number of aromatic carboxylic acids is 1. The number of rotatable bonds is 2.